The molecule has 1 fully saturated rings. The van der Waals surface area contributed by atoms with Crippen molar-refractivity contribution < 1.29 is 4.74 Å². The van der Waals surface area contributed by atoms with Crippen molar-refractivity contribution in [3.05, 3.63) is 35.4 Å². The summed E-state index contributed by atoms with van der Waals surface area (Å²) in [6.45, 7) is 5.03. The smallest absolute Gasteiger partial charge is 0.0766 e. The van der Waals surface area contributed by atoms with E-state index in [-0.39, 0.29) is 6.10 Å². The molecule has 1 aliphatic rings. The van der Waals surface area contributed by atoms with E-state index in [0.717, 1.165) is 18.9 Å². The van der Waals surface area contributed by atoms with Gasteiger partial charge < -0.3 is 10.1 Å². The van der Waals surface area contributed by atoms with Crippen LogP contribution in [0.2, 0.25) is 0 Å². The van der Waals surface area contributed by atoms with Gasteiger partial charge in [0.2, 0.25) is 0 Å². The van der Waals surface area contributed by atoms with Crippen molar-refractivity contribution in [2.75, 3.05) is 13.7 Å². The minimum atomic E-state index is 0.254. The second-order valence-corrected chi connectivity index (χ2v) is 5.46. The van der Waals surface area contributed by atoms with Crippen molar-refractivity contribution in [2.45, 2.75) is 57.6 Å². The molecular weight excluding hydrogens is 234 g/mol. The Morgan fingerprint density at radius 1 is 1.21 bits per heavy atom. The number of hydrogen-bond donors (Lipinski definition) is 1. The first-order valence-corrected chi connectivity index (χ1v) is 7.68. The molecule has 0 heterocycles. The van der Waals surface area contributed by atoms with Crippen LogP contribution in [0.1, 0.15) is 62.6 Å². The van der Waals surface area contributed by atoms with Crippen molar-refractivity contribution in [2.24, 2.45) is 0 Å². The zero-order chi connectivity index (χ0) is 13.7. The third-order valence-corrected chi connectivity index (χ3v) is 4.34. The van der Waals surface area contributed by atoms with Crippen molar-refractivity contribution in [1.82, 2.24) is 5.32 Å². The maximum atomic E-state index is 5.85. The highest BCUT2D eigenvalue weighted by molar-refractivity contribution is 5.29. The minimum absolute atomic E-state index is 0.254. The molecule has 0 amide bonds. The molecule has 0 bridgehead atoms. The summed E-state index contributed by atoms with van der Waals surface area (Å²) < 4.78 is 5.85. The Hall–Kier alpha value is -0.860. The van der Waals surface area contributed by atoms with E-state index in [4.69, 9.17) is 4.74 Å². The number of ether oxygens (including phenoxy) is 1. The maximum Gasteiger partial charge on any atom is 0.0766 e. The van der Waals surface area contributed by atoms with Crippen LogP contribution in [0.4, 0.5) is 0 Å². The lowest BCUT2D eigenvalue weighted by Gasteiger charge is -2.28. The van der Waals surface area contributed by atoms with Gasteiger partial charge in [-0.1, -0.05) is 37.6 Å². The highest BCUT2D eigenvalue weighted by atomic mass is 16.5. The van der Waals surface area contributed by atoms with Crippen molar-refractivity contribution in [1.29, 1.82) is 0 Å². The van der Waals surface area contributed by atoms with E-state index in [1.54, 1.807) is 0 Å². The summed E-state index contributed by atoms with van der Waals surface area (Å²) in [5, 5.41) is 3.41. The highest BCUT2D eigenvalue weighted by Crippen LogP contribution is 2.36. The van der Waals surface area contributed by atoms with Crippen LogP contribution in [0, 0.1) is 0 Å². The first kappa shape index (κ1) is 14.5. The van der Waals surface area contributed by atoms with E-state index in [9.17, 15) is 0 Å². The van der Waals surface area contributed by atoms with E-state index in [1.807, 2.05) is 7.05 Å². The summed E-state index contributed by atoms with van der Waals surface area (Å²) in [4.78, 5) is 0. The predicted molar refractivity (Wildman–Crippen MR) is 80.5 cm³/mol. The number of nitrogens with one attached hydrogen (secondary N) is 1. The molecule has 1 saturated carbocycles. The van der Waals surface area contributed by atoms with Gasteiger partial charge in [0.25, 0.3) is 0 Å². The molecule has 2 unspecified atom stereocenters. The Bertz CT molecular complexity index is 369. The molecule has 0 aliphatic heterocycles. The average Bonchev–Trinajstić information content (AvgIpc) is 2.38. The zero-order valence-electron chi connectivity index (χ0n) is 12.5. The van der Waals surface area contributed by atoms with Crippen LogP contribution < -0.4 is 5.32 Å². The predicted octanol–water partition coefficient (Wildman–Crippen LogP) is 4.03. The second kappa shape index (κ2) is 7.06. The standard InChI is InChI=1S/C17H27NO/c1-4-16(19-5-2)17(18-3)15-11-9-14(10-12-15)13-7-6-8-13/h9-13,16-18H,4-8H2,1-3H3. The molecule has 19 heavy (non-hydrogen) atoms. The Labute approximate surface area is 117 Å². The minimum Gasteiger partial charge on any atom is -0.377 e. The molecule has 0 saturated heterocycles. The number of hydrogen-bond acceptors (Lipinski definition) is 2. The lowest BCUT2D eigenvalue weighted by molar-refractivity contribution is 0.0334. The molecule has 1 aliphatic carbocycles. The molecule has 2 rings (SSSR count). The van der Waals surface area contributed by atoms with Gasteiger partial charge in [-0.05, 0) is 50.3 Å². The molecule has 106 valence electrons. The molecule has 2 atom stereocenters. The molecular formula is C17H27NO. The van der Waals surface area contributed by atoms with Crippen molar-refractivity contribution >= 4 is 0 Å². The van der Waals surface area contributed by atoms with Crippen molar-refractivity contribution in [3.8, 4) is 0 Å². The Morgan fingerprint density at radius 3 is 2.32 bits per heavy atom. The van der Waals surface area contributed by atoms with Crippen LogP contribution in [0.25, 0.3) is 0 Å². The van der Waals surface area contributed by atoms with Crippen molar-refractivity contribution in [3.63, 3.8) is 0 Å². The summed E-state index contributed by atoms with van der Waals surface area (Å²) in [7, 11) is 2.02. The van der Waals surface area contributed by atoms with Gasteiger partial charge in [0.15, 0.2) is 0 Å². The fraction of sp³-hybridized carbons (Fsp3) is 0.647. The van der Waals surface area contributed by atoms with Crippen LogP contribution in [0.5, 0.6) is 0 Å². The average molecular weight is 261 g/mol. The third kappa shape index (κ3) is 3.37. The van der Waals surface area contributed by atoms with Gasteiger partial charge in [-0.15, -0.1) is 0 Å². The van der Waals surface area contributed by atoms with E-state index in [1.165, 1.54) is 30.4 Å². The van der Waals surface area contributed by atoms with Gasteiger partial charge in [0.1, 0.15) is 0 Å². The summed E-state index contributed by atoms with van der Waals surface area (Å²) >= 11 is 0. The summed E-state index contributed by atoms with van der Waals surface area (Å²) in [5.74, 6) is 0.816. The Balaban J connectivity index is 2.08. The summed E-state index contributed by atoms with van der Waals surface area (Å²) in [6.07, 6.45) is 5.42. The quantitative estimate of drug-likeness (QED) is 0.800. The molecule has 0 aromatic heterocycles. The first-order chi connectivity index (χ1) is 9.30. The molecule has 1 aromatic rings. The Kier molecular flexibility index (Phi) is 5.41. The number of rotatable bonds is 7. The van der Waals surface area contributed by atoms with E-state index in [2.05, 4.69) is 43.4 Å². The molecule has 2 nitrogen and oxygen atoms in total. The molecule has 0 radical (unpaired) electrons. The first-order valence-electron chi connectivity index (χ1n) is 7.68. The number of likely N-dealkylation sites (N-methyl/N-ethyl adjacent to an activating group) is 1. The van der Waals surface area contributed by atoms with Crippen LogP contribution in [-0.4, -0.2) is 19.8 Å². The lowest BCUT2D eigenvalue weighted by atomic mass is 9.79. The van der Waals surface area contributed by atoms with E-state index >= 15 is 0 Å². The monoisotopic (exact) mass is 261 g/mol. The molecule has 0 spiro atoms. The highest BCUT2D eigenvalue weighted by Gasteiger charge is 2.22. The summed E-state index contributed by atoms with van der Waals surface area (Å²) in [5.41, 5.74) is 2.85. The van der Waals surface area contributed by atoms with Gasteiger partial charge >= 0.3 is 0 Å². The van der Waals surface area contributed by atoms with Crippen LogP contribution >= 0.6 is 0 Å². The molecule has 1 N–H and O–H groups in total. The largest absolute Gasteiger partial charge is 0.377 e. The second-order valence-electron chi connectivity index (χ2n) is 5.46. The zero-order valence-corrected chi connectivity index (χ0v) is 12.5. The maximum absolute atomic E-state index is 5.85. The third-order valence-electron chi connectivity index (χ3n) is 4.34. The van der Waals surface area contributed by atoms with Crippen LogP contribution in [0.15, 0.2) is 24.3 Å². The van der Waals surface area contributed by atoms with Gasteiger partial charge in [0, 0.05) is 6.61 Å². The van der Waals surface area contributed by atoms with Crippen LogP contribution in [-0.2, 0) is 4.74 Å². The van der Waals surface area contributed by atoms with Gasteiger partial charge in [0.05, 0.1) is 12.1 Å². The number of benzene rings is 1. The van der Waals surface area contributed by atoms with Gasteiger partial charge in [-0.25, -0.2) is 0 Å². The fourth-order valence-corrected chi connectivity index (χ4v) is 2.95. The summed E-state index contributed by atoms with van der Waals surface area (Å²) in [6, 6.07) is 9.46. The lowest BCUT2D eigenvalue weighted by Crippen LogP contribution is -2.31. The topological polar surface area (TPSA) is 21.3 Å². The van der Waals surface area contributed by atoms with Gasteiger partial charge in [-0.2, -0.15) is 0 Å². The van der Waals surface area contributed by atoms with E-state index < -0.39 is 0 Å². The van der Waals surface area contributed by atoms with E-state index in [0.29, 0.717) is 6.04 Å². The molecule has 2 heteroatoms. The molecule has 1 aromatic carbocycles. The van der Waals surface area contributed by atoms with Gasteiger partial charge in [-0.3, -0.25) is 0 Å². The normalized spacial score (nSPS) is 18.9. The van der Waals surface area contributed by atoms with Crippen LogP contribution in [0.3, 0.4) is 0 Å². The Morgan fingerprint density at radius 2 is 1.89 bits per heavy atom. The fourth-order valence-electron chi connectivity index (χ4n) is 2.95. The SMILES string of the molecule is CCOC(CC)C(NC)c1ccc(C2CCC2)cc1.